The number of amides is 1. The van der Waals surface area contributed by atoms with Crippen LogP contribution in [-0.4, -0.2) is 53.1 Å². The Balaban J connectivity index is 4.08. The molecule has 0 aromatic carbocycles. The fraction of sp³-hybridized carbons (Fsp3) is 0.971. The van der Waals surface area contributed by atoms with E-state index in [4.69, 9.17) is 0 Å². The van der Waals surface area contributed by atoms with Crippen LogP contribution in [0.25, 0.3) is 0 Å². The third-order valence-corrected chi connectivity index (χ3v) is 9.00. The van der Waals surface area contributed by atoms with Crippen molar-refractivity contribution >= 4 is 16.0 Å². The van der Waals surface area contributed by atoms with Gasteiger partial charge in [0.05, 0.1) is 30.4 Å². The highest BCUT2D eigenvalue weighted by Gasteiger charge is 2.26. The van der Waals surface area contributed by atoms with Crippen molar-refractivity contribution in [2.24, 2.45) is 11.8 Å². The summed E-state index contributed by atoms with van der Waals surface area (Å²) in [6.07, 6.45) is 22.5. The molecule has 0 rings (SSSR count). The Morgan fingerprint density at radius 1 is 0.571 bits per heavy atom. The molecule has 3 unspecified atom stereocenters. The summed E-state index contributed by atoms with van der Waals surface area (Å²) in [6, 6.07) is -1.09. The van der Waals surface area contributed by atoms with Crippen molar-refractivity contribution in [2.75, 3.05) is 5.75 Å². The van der Waals surface area contributed by atoms with Crippen LogP contribution < -0.4 is 5.32 Å². The standard InChI is InChI=1S/C34H69NO6S/c1-29(2)23-19-15-11-7-5-9-13-17-21-25-31(36)27-34(38)35-32(28-42(39,40)41)33(37)26-22-18-14-10-6-8-12-16-20-24-30(3)4/h29-33,36-37H,5-28H2,1-4H3,(H,35,38)(H,39,40,41). The zero-order valence-corrected chi connectivity index (χ0v) is 28.6. The van der Waals surface area contributed by atoms with Gasteiger partial charge in [-0.05, 0) is 24.7 Å². The Morgan fingerprint density at radius 3 is 1.26 bits per heavy atom. The van der Waals surface area contributed by atoms with Crippen molar-refractivity contribution in [3.05, 3.63) is 0 Å². The fourth-order valence-corrected chi connectivity index (χ4v) is 6.33. The molecule has 0 fully saturated rings. The van der Waals surface area contributed by atoms with Gasteiger partial charge in [-0.3, -0.25) is 9.35 Å². The minimum Gasteiger partial charge on any atom is -0.393 e. The van der Waals surface area contributed by atoms with Gasteiger partial charge in [0.1, 0.15) is 0 Å². The van der Waals surface area contributed by atoms with Crippen LogP contribution in [0, 0.1) is 11.8 Å². The number of hydrogen-bond donors (Lipinski definition) is 4. The van der Waals surface area contributed by atoms with Gasteiger partial charge < -0.3 is 15.5 Å². The Morgan fingerprint density at radius 2 is 0.905 bits per heavy atom. The van der Waals surface area contributed by atoms with Crippen LogP contribution in [0.2, 0.25) is 0 Å². The van der Waals surface area contributed by atoms with Gasteiger partial charge >= 0.3 is 0 Å². The first-order chi connectivity index (χ1) is 19.9. The van der Waals surface area contributed by atoms with Gasteiger partial charge in [0.15, 0.2) is 0 Å². The van der Waals surface area contributed by atoms with Gasteiger partial charge in [-0.1, -0.05) is 156 Å². The summed E-state index contributed by atoms with van der Waals surface area (Å²) in [6.45, 7) is 9.08. The average Bonchev–Trinajstić information content (AvgIpc) is 2.88. The molecular formula is C34H69NO6S. The second-order valence-corrected chi connectivity index (χ2v) is 15.2. The molecule has 0 bridgehead atoms. The third-order valence-electron chi connectivity index (χ3n) is 8.22. The lowest BCUT2D eigenvalue weighted by Crippen LogP contribution is -2.48. The lowest BCUT2D eigenvalue weighted by Gasteiger charge is -2.24. The summed E-state index contributed by atoms with van der Waals surface area (Å²) >= 11 is 0. The molecule has 0 radical (unpaired) electrons. The van der Waals surface area contributed by atoms with E-state index in [-0.39, 0.29) is 6.42 Å². The lowest BCUT2D eigenvalue weighted by atomic mass is 10.0. The van der Waals surface area contributed by atoms with Crippen LogP contribution in [0.5, 0.6) is 0 Å². The molecule has 4 N–H and O–H groups in total. The zero-order chi connectivity index (χ0) is 31.6. The van der Waals surface area contributed by atoms with Crippen molar-refractivity contribution in [1.82, 2.24) is 5.32 Å². The molecule has 0 aromatic heterocycles. The van der Waals surface area contributed by atoms with Gasteiger partial charge in [-0.15, -0.1) is 0 Å². The quantitative estimate of drug-likeness (QED) is 0.0473. The van der Waals surface area contributed by atoms with E-state index in [9.17, 15) is 28.0 Å². The molecule has 42 heavy (non-hydrogen) atoms. The van der Waals surface area contributed by atoms with Crippen LogP contribution in [0.3, 0.4) is 0 Å². The second kappa shape index (κ2) is 26.7. The van der Waals surface area contributed by atoms with E-state index < -0.39 is 40.0 Å². The molecule has 0 aliphatic heterocycles. The summed E-state index contributed by atoms with van der Waals surface area (Å²) < 4.78 is 32.4. The van der Waals surface area contributed by atoms with E-state index in [1.807, 2.05) is 0 Å². The van der Waals surface area contributed by atoms with E-state index in [1.54, 1.807) is 0 Å². The number of unbranched alkanes of at least 4 members (excludes halogenated alkanes) is 16. The van der Waals surface area contributed by atoms with Gasteiger partial charge in [-0.2, -0.15) is 8.42 Å². The number of carbonyl (C=O) groups is 1. The average molecular weight is 620 g/mol. The molecule has 0 aliphatic rings. The Bertz CT molecular complexity index is 728. The van der Waals surface area contributed by atoms with Crippen LogP contribution in [0.15, 0.2) is 0 Å². The fourth-order valence-electron chi connectivity index (χ4n) is 5.57. The highest BCUT2D eigenvalue weighted by Crippen LogP contribution is 2.16. The van der Waals surface area contributed by atoms with E-state index >= 15 is 0 Å². The summed E-state index contributed by atoms with van der Waals surface area (Å²) in [5.41, 5.74) is 0. The number of rotatable bonds is 30. The Hall–Kier alpha value is -0.700. The maximum Gasteiger partial charge on any atom is 0.266 e. The minimum absolute atomic E-state index is 0.136. The topological polar surface area (TPSA) is 124 Å². The first-order valence-corrected chi connectivity index (χ1v) is 19.1. The molecule has 0 aromatic rings. The smallest absolute Gasteiger partial charge is 0.266 e. The molecule has 0 saturated heterocycles. The maximum absolute atomic E-state index is 12.5. The highest BCUT2D eigenvalue weighted by molar-refractivity contribution is 7.85. The monoisotopic (exact) mass is 619 g/mol. The summed E-state index contributed by atoms with van der Waals surface area (Å²) in [7, 11) is -4.37. The lowest BCUT2D eigenvalue weighted by molar-refractivity contribution is -0.124. The zero-order valence-electron chi connectivity index (χ0n) is 27.8. The van der Waals surface area contributed by atoms with Gasteiger partial charge in [-0.25, -0.2) is 0 Å². The number of nitrogens with one attached hydrogen (secondary N) is 1. The minimum atomic E-state index is -4.37. The first-order valence-electron chi connectivity index (χ1n) is 17.5. The number of aliphatic hydroxyl groups excluding tert-OH is 2. The first kappa shape index (κ1) is 41.3. The normalized spacial score (nSPS) is 14.4. The molecule has 0 aliphatic carbocycles. The van der Waals surface area contributed by atoms with E-state index in [0.29, 0.717) is 12.8 Å². The summed E-state index contributed by atoms with van der Waals surface area (Å²) in [5.74, 6) is 0.349. The van der Waals surface area contributed by atoms with Crippen molar-refractivity contribution < 1.29 is 28.0 Å². The van der Waals surface area contributed by atoms with Gasteiger partial charge in [0, 0.05) is 0 Å². The molecule has 3 atom stereocenters. The second-order valence-electron chi connectivity index (χ2n) is 13.7. The van der Waals surface area contributed by atoms with E-state index in [2.05, 4.69) is 33.0 Å². The van der Waals surface area contributed by atoms with Gasteiger partial charge in [0.25, 0.3) is 10.1 Å². The molecule has 8 heteroatoms. The van der Waals surface area contributed by atoms with E-state index in [1.165, 1.54) is 83.5 Å². The SMILES string of the molecule is CC(C)CCCCCCCCCCCC(O)CC(=O)NC(CS(=O)(=O)O)C(O)CCCCCCCCCCCC(C)C. The van der Waals surface area contributed by atoms with Crippen molar-refractivity contribution in [3.63, 3.8) is 0 Å². The molecule has 1 amide bonds. The van der Waals surface area contributed by atoms with E-state index in [0.717, 1.165) is 56.8 Å². The third kappa shape index (κ3) is 29.4. The van der Waals surface area contributed by atoms with Crippen LogP contribution in [0.1, 0.15) is 175 Å². The number of carbonyl (C=O) groups excluding carboxylic acids is 1. The largest absolute Gasteiger partial charge is 0.393 e. The predicted molar refractivity (Wildman–Crippen MR) is 176 cm³/mol. The summed E-state index contributed by atoms with van der Waals surface area (Å²) in [5, 5.41) is 23.4. The molecular weight excluding hydrogens is 550 g/mol. The van der Waals surface area contributed by atoms with Crippen molar-refractivity contribution in [3.8, 4) is 0 Å². The summed E-state index contributed by atoms with van der Waals surface area (Å²) in [4.78, 5) is 12.5. The Labute approximate surface area is 260 Å². The van der Waals surface area contributed by atoms with Gasteiger partial charge in [0.2, 0.25) is 5.91 Å². The molecule has 0 saturated carbocycles. The van der Waals surface area contributed by atoms with Crippen LogP contribution >= 0.6 is 0 Å². The van der Waals surface area contributed by atoms with Crippen molar-refractivity contribution in [1.29, 1.82) is 0 Å². The Kier molecular flexibility index (Phi) is 26.2. The number of hydrogen-bond acceptors (Lipinski definition) is 5. The number of aliphatic hydroxyl groups is 2. The molecule has 7 nitrogen and oxygen atoms in total. The molecule has 252 valence electrons. The molecule has 0 spiro atoms. The van der Waals surface area contributed by atoms with Crippen molar-refractivity contribution in [2.45, 2.75) is 194 Å². The van der Waals surface area contributed by atoms with Crippen LogP contribution in [0.4, 0.5) is 0 Å². The highest BCUT2D eigenvalue weighted by atomic mass is 32.2. The maximum atomic E-state index is 12.5. The molecule has 0 heterocycles. The van der Waals surface area contributed by atoms with Crippen LogP contribution in [-0.2, 0) is 14.9 Å². The predicted octanol–water partition coefficient (Wildman–Crippen LogP) is 8.37.